The summed E-state index contributed by atoms with van der Waals surface area (Å²) in [6, 6.07) is 9.93. The van der Waals surface area contributed by atoms with E-state index < -0.39 is 17.3 Å². The zero-order valence-electron chi connectivity index (χ0n) is 20.2. The minimum atomic E-state index is -4.40. The van der Waals surface area contributed by atoms with E-state index in [9.17, 15) is 18.0 Å². The topological polar surface area (TPSA) is 36.0 Å². The number of anilines is 1. The number of rotatable bonds is 2. The summed E-state index contributed by atoms with van der Waals surface area (Å²) in [5.74, 6) is 0. The molecule has 8 heteroatoms. The van der Waals surface area contributed by atoms with Crippen LogP contribution in [0.5, 0.6) is 0 Å². The number of alkyl halides is 3. The number of carbonyl (C=O) groups is 1. The van der Waals surface area contributed by atoms with Gasteiger partial charge in [0.25, 0.3) is 0 Å². The largest absolute Gasteiger partial charge is 0.444 e. The molecule has 2 aromatic rings. The molecular weight excluding hydrogens is 443 g/mol. The van der Waals surface area contributed by atoms with Crippen molar-refractivity contribution in [2.45, 2.75) is 45.5 Å². The number of fused-ring (bicyclic) bond motifs is 1. The number of amides is 1. The fourth-order valence-electron chi connectivity index (χ4n) is 4.59. The molecule has 4 rings (SSSR count). The normalized spacial score (nSPS) is 17.5. The van der Waals surface area contributed by atoms with E-state index in [1.165, 1.54) is 12.1 Å². The summed E-state index contributed by atoms with van der Waals surface area (Å²) >= 11 is 0. The second-order valence-corrected chi connectivity index (χ2v) is 10.1. The standard InChI is InChI=1S/C26H32F3N3O2/c1-25(2,3)34-24(33)32-11-10-20-18(17-32)6-5-7-21(20)22-9-8-19(26(27,28)29)16-23(22)31-14-12-30(4)13-15-31/h5-9,16H,10-15,17H2,1-4H3. The van der Waals surface area contributed by atoms with E-state index in [1.807, 2.05) is 46.0 Å². The van der Waals surface area contributed by atoms with Gasteiger partial charge in [-0.1, -0.05) is 24.3 Å². The van der Waals surface area contributed by atoms with Crippen LogP contribution < -0.4 is 4.90 Å². The maximum Gasteiger partial charge on any atom is 0.416 e. The Balaban J connectivity index is 1.70. The van der Waals surface area contributed by atoms with Crippen LogP contribution in [0.15, 0.2) is 36.4 Å². The number of ether oxygens (including phenoxy) is 1. The Morgan fingerprint density at radius 2 is 1.65 bits per heavy atom. The third-order valence-electron chi connectivity index (χ3n) is 6.38. The molecule has 0 aromatic heterocycles. The van der Waals surface area contributed by atoms with Crippen LogP contribution in [0.3, 0.4) is 0 Å². The zero-order chi connectivity index (χ0) is 24.7. The summed E-state index contributed by atoms with van der Waals surface area (Å²) in [5.41, 5.74) is 3.23. The number of halogens is 3. The van der Waals surface area contributed by atoms with E-state index >= 15 is 0 Å². The van der Waals surface area contributed by atoms with Crippen molar-refractivity contribution in [1.82, 2.24) is 9.80 Å². The number of benzene rings is 2. The molecule has 2 aromatic carbocycles. The predicted molar refractivity (Wildman–Crippen MR) is 127 cm³/mol. The lowest BCUT2D eigenvalue weighted by molar-refractivity contribution is -0.137. The van der Waals surface area contributed by atoms with Crippen LogP contribution in [0.25, 0.3) is 11.1 Å². The summed E-state index contributed by atoms with van der Waals surface area (Å²) in [6.45, 7) is 9.38. The van der Waals surface area contributed by atoms with Crippen molar-refractivity contribution in [2.24, 2.45) is 0 Å². The minimum Gasteiger partial charge on any atom is -0.444 e. The number of hydrogen-bond acceptors (Lipinski definition) is 4. The Labute approximate surface area is 199 Å². The van der Waals surface area contributed by atoms with Crippen molar-refractivity contribution in [3.05, 3.63) is 53.1 Å². The molecule has 1 saturated heterocycles. The van der Waals surface area contributed by atoms with Crippen molar-refractivity contribution in [3.8, 4) is 11.1 Å². The van der Waals surface area contributed by atoms with Crippen molar-refractivity contribution < 1.29 is 22.7 Å². The van der Waals surface area contributed by atoms with E-state index in [0.29, 0.717) is 38.3 Å². The molecule has 2 aliphatic rings. The van der Waals surface area contributed by atoms with Crippen LogP contribution in [-0.2, 0) is 23.9 Å². The highest BCUT2D eigenvalue weighted by Crippen LogP contribution is 2.40. The average molecular weight is 476 g/mol. The Bertz CT molecular complexity index is 1050. The molecule has 0 bridgehead atoms. The lowest BCUT2D eigenvalue weighted by Crippen LogP contribution is -2.44. The van der Waals surface area contributed by atoms with Crippen molar-refractivity contribution in [1.29, 1.82) is 0 Å². The quantitative estimate of drug-likeness (QED) is 0.581. The van der Waals surface area contributed by atoms with E-state index in [4.69, 9.17) is 4.74 Å². The molecule has 1 amide bonds. The molecule has 0 unspecified atom stereocenters. The summed E-state index contributed by atoms with van der Waals surface area (Å²) in [7, 11) is 2.02. The second kappa shape index (κ2) is 9.13. The first-order valence-electron chi connectivity index (χ1n) is 11.7. The molecule has 2 aliphatic heterocycles. The molecule has 1 fully saturated rings. The summed E-state index contributed by atoms with van der Waals surface area (Å²) in [6.07, 6.45) is -4.13. The molecule has 0 spiro atoms. The SMILES string of the molecule is CN1CCN(c2cc(C(F)(F)F)ccc2-c2cccc3c2CCN(C(=O)OC(C)(C)C)C3)CC1. The van der Waals surface area contributed by atoms with Gasteiger partial charge in [-0.2, -0.15) is 13.2 Å². The van der Waals surface area contributed by atoms with Gasteiger partial charge in [0.2, 0.25) is 0 Å². The third kappa shape index (κ3) is 5.32. The van der Waals surface area contributed by atoms with Gasteiger partial charge in [-0.25, -0.2) is 4.79 Å². The average Bonchev–Trinajstić information content (AvgIpc) is 2.77. The molecule has 0 radical (unpaired) electrons. The van der Waals surface area contributed by atoms with Crippen LogP contribution in [0, 0.1) is 0 Å². The van der Waals surface area contributed by atoms with E-state index in [0.717, 1.165) is 35.3 Å². The molecular formula is C26H32F3N3O2. The van der Waals surface area contributed by atoms with Crippen LogP contribution in [0.1, 0.15) is 37.5 Å². The molecule has 0 aliphatic carbocycles. The summed E-state index contributed by atoms with van der Waals surface area (Å²) in [5, 5.41) is 0. The Morgan fingerprint density at radius 1 is 0.941 bits per heavy atom. The molecule has 0 saturated carbocycles. The highest BCUT2D eigenvalue weighted by Gasteiger charge is 2.33. The number of carbonyl (C=O) groups excluding carboxylic acids is 1. The highest BCUT2D eigenvalue weighted by atomic mass is 19.4. The van der Waals surface area contributed by atoms with Gasteiger partial charge in [-0.3, -0.25) is 0 Å². The van der Waals surface area contributed by atoms with Crippen LogP contribution in [-0.4, -0.2) is 61.3 Å². The van der Waals surface area contributed by atoms with Gasteiger partial charge in [0.15, 0.2) is 0 Å². The smallest absolute Gasteiger partial charge is 0.416 e. The van der Waals surface area contributed by atoms with Gasteiger partial charge in [0.05, 0.1) is 5.56 Å². The second-order valence-electron chi connectivity index (χ2n) is 10.1. The number of piperazine rings is 1. The maximum atomic E-state index is 13.6. The molecule has 184 valence electrons. The predicted octanol–water partition coefficient (Wildman–Crippen LogP) is 5.42. The molecule has 34 heavy (non-hydrogen) atoms. The molecule has 0 N–H and O–H groups in total. The monoisotopic (exact) mass is 475 g/mol. The van der Waals surface area contributed by atoms with E-state index in [-0.39, 0.29) is 6.09 Å². The lowest BCUT2D eigenvalue weighted by Gasteiger charge is -2.36. The minimum absolute atomic E-state index is 0.351. The van der Waals surface area contributed by atoms with Crippen LogP contribution >= 0.6 is 0 Å². The van der Waals surface area contributed by atoms with Crippen LogP contribution in [0.4, 0.5) is 23.7 Å². The third-order valence-corrected chi connectivity index (χ3v) is 6.38. The van der Waals surface area contributed by atoms with Crippen molar-refractivity contribution in [2.75, 3.05) is 44.7 Å². The van der Waals surface area contributed by atoms with Crippen molar-refractivity contribution in [3.63, 3.8) is 0 Å². The lowest BCUT2D eigenvalue weighted by atomic mass is 9.89. The van der Waals surface area contributed by atoms with Gasteiger partial charge in [-0.15, -0.1) is 0 Å². The van der Waals surface area contributed by atoms with Gasteiger partial charge >= 0.3 is 12.3 Å². The van der Waals surface area contributed by atoms with Gasteiger partial charge in [0, 0.05) is 50.5 Å². The maximum absolute atomic E-state index is 13.6. The number of likely N-dealkylation sites (N-methyl/N-ethyl adjacent to an activating group) is 1. The summed E-state index contributed by atoms with van der Waals surface area (Å²) < 4.78 is 46.2. The van der Waals surface area contributed by atoms with Gasteiger partial charge < -0.3 is 19.4 Å². The highest BCUT2D eigenvalue weighted by molar-refractivity contribution is 5.82. The molecule has 0 atom stereocenters. The Hall–Kier alpha value is -2.74. The van der Waals surface area contributed by atoms with Crippen LogP contribution in [0.2, 0.25) is 0 Å². The first kappa shape index (κ1) is 24.4. The first-order valence-corrected chi connectivity index (χ1v) is 11.7. The van der Waals surface area contributed by atoms with Gasteiger partial charge in [-0.05, 0) is 63.1 Å². The van der Waals surface area contributed by atoms with Gasteiger partial charge in [0.1, 0.15) is 5.60 Å². The first-order chi connectivity index (χ1) is 15.9. The zero-order valence-corrected chi connectivity index (χ0v) is 20.2. The van der Waals surface area contributed by atoms with E-state index in [2.05, 4.69) is 9.80 Å². The summed E-state index contributed by atoms with van der Waals surface area (Å²) in [4.78, 5) is 18.5. The fraction of sp³-hybridized carbons (Fsp3) is 0.500. The molecule has 2 heterocycles. The Kier molecular flexibility index (Phi) is 6.55. The number of nitrogens with zero attached hydrogens (tertiary/aromatic N) is 3. The van der Waals surface area contributed by atoms with Crippen molar-refractivity contribution >= 4 is 11.8 Å². The number of hydrogen-bond donors (Lipinski definition) is 0. The molecule has 5 nitrogen and oxygen atoms in total. The fourth-order valence-corrected chi connectivity index (χ4v) is 4.59. The van der Waals surface area contributed by atoms with E-state index in [1.54, 1.807) is 11.0 Å². The Morgan fingerprint density at radius 3 is 2.29 bits per heavy atom.